The van der Waals surface area contributed by atoms with Crippen LogP contribution in [-0.2, 0) is 4.79 Å². The summed E-state index contributed by atoms with van der Waals surface area (Å²) in [5.41, 5.74) is 0. The number of carbonyl (C=O) groups is 2. The number of carbonyl (C=O) groups excluding carboxylic acids is 2. The Morgan fingerprint density at radius 3 is 2.68 bits per heavy atom. The first-order chi connectivity index (χ1) is 10.6. The lowest BCUT2D eigenvalue weighted by atomic mass is 9.95. The number of hydrogen-bond donors (Lipinski definition) is 1. The van der Waals surface area contributed by atoms with E-state index in [4.69, 9.17) is 0 Å². The number of rotatable bonds is 6. The third-order valence-electron chi connectivity index (χ3n) is 3.97. The van der Waals surface area contributed by atoms with Gasteiger partial charge in [-0.3, -0.25) is 9.59 Å². The Morgan fingerprint density at radius 2 is 2.09 bits per heavy atom. The van der Waals surface area contributed by atoms with E-state index in [0.717, 1.165) is 37.2 Å². The summed E-state index contributed by atoms with van der Waals surface area (Å²) in [6, 6.07) is 3.75. The van der Waals surface area contributed by atoms with Crippen LogP contribution in [-0.4, -0.2) is 61.9 Å². The number of thiophene rings is 1. The topological polar surface area (TPSA) is 52.7 Å². The summed E-state index contributed by atoms with van der Waals surface area (Å²) >= 11 is 1.47. The molecule has 22 heavy (non-hydrogen) atoms. The highest BCUT2D eigenvalue weighted by atomic mass is 32.1. The lowest BCUT2D eigenvalue weighted by Crippen LogP contribution is -2.43. The summed E-state index contributed by atoms with van der Waals surface area (Å²) in [5, 5.41) is 4.93. The van der Waals surface area contributed by atoms with Gasteiger partial charge in [0.25, 0.3) is 5.91 Å². The molecule has 0 aromatic carbocycles. The highest BCUT2D eigenvalue weighted by Gasteiger charge is 2.27. The first-order valence-corrected chi connectivity index (χ1v) is 8.71. The van der Waals surface area contributed by atoms with Crippen molar-refractivity contribution in [2.75, 3.05) is 40.3 Å². The van der Waals surface area contributed by atoms with E-state index in [0.29, 0.717) is 13.1 Å². The molecule has 1 aromatic heterocycles. The monoisotopic (exact) mass is 323 g/mol. The molecule has 1 aliphatic heterocycles. The molecule has 2 rings (SSSR count). The van der Waals surface area contributed by atoms with Crippen molar-refractivity contribution < 1.29 is 9.59 Å². The maximum absolute atomic E-state index is 12.2. The molecule has 1 fully saturated rings. The fourth-order valence-electron chi connectivity index (χ4n) is 2.65. The van der Waals surface area contributed by atoms with Crippen molar-refractivity contribution in [3.63, 3.8) is 0 Å². The lowest BCUT2D eigenvalue weighted by molar-refractivity contribution is -0.126. The number of nitrogens with one attached hydrogen (secondary N) is 1. The molecule has 1 saturated heterocycles. The Hall–Kier alpha value is -1.40. The maximum atomic E-state index is 12.2. The molecule has 2 amide bonds. The molecule has 0 spiro atoms. The van der Waals surface area contributed by atoms with E-state index in [-0.39, 0.29) is 17.7 Å². The van der Waals surface area contributed by atoms with Gasteiger partial charge in [0.05, 0.1) is 4.88 Å². The van der Waals surface area contributed by atoms with E-state index in [2.05, 4.69) is 10.2 Å². The van der Waals surface area contributed by atoms with Gasteiger partial charge < -0.3 is 15.1 Å². The van der Waals surface area contributed by atoms with E-state index in [9.17, 15) is 9.59 Å². The van der Waals surface area contributed by atoms with Crippen molar-refractivity contribution in [2.24, 2.45) is 5.92 Å². The van der Waals surface area contributed by atoms with Crippen LogP contribution >= 0.6 is 11.3 Å². The van der Waals surface area contributed by atoms with E-state index in [1.165, 1.54) is 11.3 Å². The summed E-state index contributed by atoms with van der Waals surface area (Å²) in [6.45, 7) is 3.05. The Kier molecular flexibility index (Phi) is 6.39. The fourth-order valence-corrected chi connectivity index (χ4v) is 3.34. The van der Waals surface area contributed by atoms with Crippen molar-refractivity contribution in [3.05, 3.63) is 22.4 Å². The molecule has 0 atom stereocenters. The SMILES string of the molecule is CN(C)CCCNC(=O)C1CCN(C(=O)c2cccs2)CC1. The molecule has 0 saturated carbocycles. The van der Waals surface area contributed by atoms with Gasteiger partial charge in [0, 0.05) is 25.6 Å². The molecule has 5 nitrogen and oxygen atoms in total. The Bertz CT molecular complexity index is 480. The van der Waals surface area contributed by atoms with Crippen molar-refractivity contribution in [3.8, 4) is 0 Å². The quantitative estimate of drug-likeness (QED) is 0.810. The zero-order chi connectivity index (χ0) is 15.9. The summed E-state index contributed by atoms with van der Waals surface area (Å²) in [5.74, 6) is 0.286. The summed E-state index contributed by atoms with van der Waals surface area (Å²) in [7, 11) is 4.06. The van der Waals surface area contributed by atoms with Gasteiger partial charge in [-0.05, 0) is 51.3 Å². The molecule has 122 valence electrons. The predicted octanol–water partition coefficient (Wildman–Crippen LogP) is 1.67. The van der Waals surface area contributed by atoms with Gasteiger partial charge in [-0.2, -0.15) is 0 Å². The highest BCUT2D eigenvalue weighted by molar-refractivity contribution is 7.12. The molecule has 2 heterocycles. The molecule has 0 unspecified atom stereocenters. The van der Waals surface area contributed by atoms with Gasteiger partial charge in [-0.25, -0.2) is 0 Å². The van der Waals surface area contributed by atoms with Crippen molar-refractivity contribution in [1.29, 1.82) is 0 Å². The third kappa shape index (κ3) is 4.81. The van der Waals surface area contributed by atoms with Gasteiger partial charge in [-0.1, -0.05) is 6.07 Å². The second kappa shape index (κ2) is 8.29. The van der Waals surface area contributed by atoms with Crippen LogP contribution in [0.5, 0.6) is 0 Å². The Labute approximate surface area is 136 Å². The van der Waals surface area contributed by atoms with E-state index in [1.54, 1.807) is 0 Å². The molecule has 1 aliphatic rings. The third-order valence-corrected chi connectivity index (χ3v) is 4.82. The van der Waals surface area contributed by atoms with E-state index in [1.807, 2.05) is 36.5 Å². The zero-order valence-corrected chi connectivity index (χ0v) is 14.2. The first-order valence-electron chi connectivity index (χ1n) is 7.83. The highest BCUT2D eigenvalue weighted by Crippen LogP contribution is 2.20. The number of hydrogen-bond acceptors (Lipinski definition) is 4. The summed E-state index contributed by atoms with van der Waals surface area (Å²) in [6.07, 6.45) is 2.49. The second-order valence-corrected chi connectivity index (χ2v) is 6.94. The predicted molar refractivity (Wildman–Crippen MR) is 89.1 cm³/mol. The number of amides is 2. The van der Waals surface area contributed by atoms with Gasteiger partial charge in [0.2, 0.25) is 5.91 Å². The van der Waals surface area contributed by atoms with E-state index < -0.39 is 0 Å². The van der Waals surface area contributed by atoms with Crippen LogP contribution in [0.25, 0.3) is 0 Å². The molecule has 0 aliphatic carbocycles. The van der Waals surface area contributed by atoms with Gasteiger partial charge in [0.15, 0.2) is 0 Å². The minimum Gasteiger partial charge on any atom is -0.356 e. The summed E-state index contributed by atoms with van der Waals surface area (Å²) < 4.78 is 0. The first kappa shape index (κ1) is 17.0. The number of nitrogens with zero attached hydrogens (tertiary/aromatic N) is 2. The van der Waals surface area contributed by atoms with Crippen LogP contribution in [0, 0.1) is 5.92 Å². The fraction of sp³-hybridized carbons (Fsp3) is 0.625. The van der Waals surface area contributed by atoms with Crippen LogP contribution < -0.4 is 5.32 Å². The Balaban J connectivity index is 1.70. The summed E-state index contributed by atoms with van der Waals surface area (Å²) in [4.78, 5) is 29.1. The largest absolute Gasteiger partial charge is 0.356 e. The molecule has 6 heteroatoms. The maximum Gasteiger partial charge on any atom is 0.263 e. The zero-order valence-electron chi connectivity index (χ0n) is 13.4. The van der Waals surface area contributed by atoms with Crippen LogP contribution in [0.1, 0.15) is 28.9 Å². The molecule has 1 aromatic rings. The molecular formula is C16H25N3O2S. The second-order valence-electron chi connectivity index (χ2n) is 5.99. The number of piperidine rings is 1. The van der Waals surface area contributed by atoms with Crippen LogP contribution in [0.3, 0.4) is 0 Å². The minimum atomic E-state index is 0.0479. The molecule has 0 bridgehead atoms. The lowest BCUT2D eigenvalue weighted by Gasteiger charge is -2.31. The van der Waals surface area contributed by atoms with Crippen molar-refractivity contribution >= 4 is 23.2 Å². The normalized spacial score (nSPS) is 16.0. The van der Waals surface area contributed by atoms with Gasteiger partial charge in [-0.15, -0.1) is 11.3 Å². The van der Waals surface area contributed by atoms with Crippen LogP contribution in [0.4, 0.5) is 0 Å². The van der Waals surface area contributed by atoms with E-state index >= 15 is 0 Å². The molecule has 0 radical (unpaired) electrons. The van der Waals surface area contributed by atoms with Crippen molar-refractivity contribution in [2.45, 2.75) is 19.3 Å². The van der Waals surface area contributed by atoms with Crippen LogP contribution in [0.15, 0.2) is 17.5 Å². The number of likely N-dealkylation sites (tertiary alicyclic amines) is 1. The Morgan fingerprint density at radius 1 is 1.36 bits per heavy atom. The smallest absolute Gasteiger partial charge is 0.263 e. The molecule has 1 N–H and O–H groups in total. The van der Waals surface area contributed by atoms with Gasteiger partial charge in [0.1, 0.15) is 0 Å². The van der Waals surface area contributed by atoms with Crippen molar-refractivity contribution in [1.82, 2.24) is 15.1 Å². The van der Waals surface area contributed by atoms with Gasteiger partial charge >= 0.3 is 0 Å². The standard InChI is InChI=1S/C16H25N3O2S/c1-18(2)9-4-8-17-15(20)13-6-10-19(11-7-13)16(21)14-5-3-12-22-14/h3,5,12-13H,4,6-11H2,1-2H3,(H,17,20). The average Bonchev–Trinajstić information content (AvgIpc) is 3.05. The average molecular weight is 323 g/mol. The van der Waals surface area contributed by atoms with Crippen LogP contribution in [0.2, 0.25) is 0 Å². The molecular weight excluding hydrogens is 298 g/mol. The minimum absolute atomic E-state index is 0.0479.